The number of aliphatic hydroxyl groups excluding tert-OH is 1. The summed E-state index contributed by atoms with van der Waals surface area (Å²) in [6.45, 7) is 0.472. The molecule has 0 aromatic carbocycles. The number of hydrogen-bond acceptors (Lipinski definition) is 6. The molecular weight excluding hydrogens is 341 g/mol. The maximum Gasteiger partial charge on any atom is 0.339 e. The van der Waals surface area contributed by atoms with E-state index in [2.05, 4.69) is 0 Å². The van der Waals surface area contributed by atoms with Gasteiger partial charge in [-0.3, -0.25) is 18.6 Å². The molecule has 0 atom stereocenters. The van der Waals surface area contributed by atoms with Crippen molar-refractivity contribution < 1.29 is 48.2 Å². The highest BCUT2D eigenvalue weighted by molar-refractivity contribution is 7.53. The Morgan fingerprint density at radius 2 is 0.950 bits per heavy atom. The van der Waals surface area contributed by atoms with Crippen molar-refractivity contribution in [2.24, 2.45) is 5.73 Å². The first-order chi connectivity index (χ1) is 8.70. The number of aliphatic hydroxyl groups is 1. The van der Waals surface area contributed by atoms with Crippen LogP contribution >= 0.6 is 22.8 Å². The molecule has 0 rings (SSSR count). The predicted molar refractivity (Wildman–Crippen MR) is 68.7 cm³/mol. The zero-order chi connectivity index (χ0) is 16.6. The molecule has 0 aliphatic heterocycles. The summed E-state index contributed by atoms with van der Waals surface area (Å²) in [7, 11) is -14.0. The number of nitrogens with two attached hydrogens (primary N) is 1. The van der Waals surface area contributed by atoms with Crippen LogP contribution in [0.5, 0.6) is 0 Å². The van der Waals surface area contributed by atoms with Crippen LogP contribution in [0.2, 0.25) is 0 Å². The normalized spacial score (nSPS) is 13.1. The van der Waals surface area contributed by atoms with E-state index in [1.165, 1.54) is 0 Å². The Morgan fingerprint density at radius 1 is 0.750 bits per heavy atom. The molecule has 0 heterocycles. The van der Waals surface area contributed by atoms with Gasteiger partial charge in [0.15, 0.2) is 0 Å². The lowest BCUT2D eigenvalue weighted by atomic mass is 10.8. The molecule has 0 amide bonds. The third kappa shape index (κ3) is 20.6. The maximum atomic E-state index is 10.6. The van der Waals surface area contributed by atoms with Crippen molar-refractivity contribution in [3.05, 3.63) is 0 Å². The Hall–Kier alpha value is 0.330. The summed E-state index contributed by atoms with van der Waals surface area (Å²) >= 11 is 0. The number of hydrogen-bond donors (Lipinski definition) is 8. The third-order valence-corrected chi connectivity index (χ3v) is 3.59. The van der Waals surface area contributed by atoms with Gasteiger partial charge in [-0.05, 0) is 0 Å². The fraction of sp³-hybridized carbons (Fsp3) is 1.00. The van der Waals surface area contributed by atoms with E-state index in [-0.39, 0.29) is 6.61 Å². The fourth-order valence-electron chi connectivity index (χ4n) is 0.916. The molecule has 0 radical (unpaired) electrons. The van der Waals surface area contributed by atoms with E-state index < -0.39 is 41.6 Å². The third-order valence-electron chi connectivity index (χ3n) is 1.28. The minimum Gasteiger partial charge on any atom is -0.395 e. The lowest BCUT2D eigenvalue weighted by molar-refractivity contribution is 0.280. The van der Waals surface area contributed by atoms with Gasteiger partial charge in [0.25, 0.3) is 0 Å². The van der Waals surface area contributed by atoms with E-state index >= 15 is 0 Å². The van der Waals surface area contributed by atoms with Crippen molar-refractivity contribution in [3.8, 4) is 0 Å². The Balaban J connectivity index is 0. The molecule has 0 aliphatic carbocycles. The average Bonchev–Trinajstić information content (AvgIpc) is 2.09. The van der Waals surface area contributed by atoms with Gasteiger partial charge in [0.1, 0.15) is 18.9 Å². The Kier molecular flexibility index (Phi) is 10.6. The van der Waals surface area contributed by atoms with Crippen LogP contribution in [-0.4, -0.2) is 71.4 Å². The maximum absolute atomic E-state index is 10.6. The molecule has 124 valence electrons. The van der Waals surface area contributed by atoms with E-state index in [1.54, 1.807) is 0 Å². The highest BCUT2D eigenvalue weighted by atomic mass is 31.2. The van der Waals surface area contributed by atoms with Gasteiger partial charge in [-0.15, -0.1) is 0 Å². The molecular formula is C5H19N2O10P3. The summed E-state index contributed by atoms with van der Waals surface area (Å²) < 4.78 is 31.7. The van der Waals surface area contributed by atoms with Crippen LogP contribution in [0, 0.1) is 0 Å². The number of nitrogens with zero attached hydrogens (tertiary/aromatic N) is 1. The van der Waals surface area contributed by atoms with Gasteiger partial charge in [0.2, 0.25) is 0 Å². The molecule has 0 fully saturated rings. The Labute approximate surface area is 114 Å². The molecule has 0 saturated carbocycles. The molecule has 0 unspecified atom stereocenters. The van der Waals surface area contributed by atoms with Crippen molar-refractivity contribution in [2.75, 3.05) is 32.0 Å². The molecule has 12 nitrogen and oxygen atoms in total. The summed E-state index contributed by atoms with van der Waals surface area (Å²) in [4.78, 5) is 51.6. The van der Waals surface area contributed by atoms with E-state index in [1.807, 2.05) is 0 Å². The second-order valence-electron chi connectivity index (χ2n) is 3.60. The SMILES string of the molecule is NCCO.O=P(O)(O)CN(CP(=O)(O)O)CP(=O)(O)O. The molecule has 0 aromatic rings. The minimum absolute atomic E-state index is 0.0972. The largest absolute Gasteiger partial charge is 0.395 e. The van der Waals surface area contributed by atoms with E-state index in [0.717, 1.165) is 0 Å². The van der Waals surface area contributed by atoms with Crippen molar-refractivity contribution in [1.82, 2.24) is 4.90 Å². The van der Waals surface area contributed by atoms with Crippen LogP contribution in [0.25, 0.3) is 0 Å². The molecule has 0 aromatic heterocycles. The van der Waals surface area contributed by atoms with E-state index in [4.69, 9.17) is 40.2 Å². The van der Waals surface area contributed by atoms with Gasteiger partial charge in [-0.2, -0.15) is 0 Å². The molecule has 0 aliphatic rings. The first kappa shape index (κ1) is 22.6. The van der Waals surface area contributed by atoms with Crippen LogP contribution in [0.4, 0.5) is 0 Å². The minimum atomic E-state index is -4.65. The van der Waals surface area contributed by atoms with Gasteiger partial charge >= 0.3 is 22.8 Å². The van der Waals surface area contributed by atoms with Crippen LogP contribution in [0.15, 0.2) is 0 Å². The summed E-state index contributed by atoms with van der Waals surface area (Å²) in [5.41, 5.74) is 4.78. The van der Waals surface area contributed by atoms with E-state index in [0.29, 0.717) is 11.4 Å². The molecule has 0 saturated heterocycles. The predicted octanol–water partition coefficient (Wildman–Crippen LogP) is -2.37. The quantitative estimate of drug-likeness (QED) is 0.223. The zero-order valence-electron chi connectivity index (χ0n) is 10.3. The van der Waals surface area contributed by atoms with Crippen LogP contribution in [0.3, 0.4) is 0 Å². The number of rotatable bonds is 7. The van der Waals surface area contributed by atoms with Crippen LogP contribution in [0.1, 0.15) is 0 Å². The second kappa shape index (κ2) is 9.37. The monoisotopic (exact) mass is 360 g/mol. The van der Waals surface area contributed by atoms with E-state index in [9.17, 15) is 13.7 Å². The molecule has 0 bridgehead atoms. The van der Waals surface area contributed by atoms with Crippen molar-refractivity contribution >= 4 is 22.8 Å². The topological polar surface area (TPSA) is 222 Å². The van der Waals surface area contributed by atoms with Gasteiger partial charge in [-0.25, -0.2) is 0 Å². The standard InChI is InChI=1S/C3H12NO9P3.C2H7NO/c5-14(6,7)1-4(2-15(8,9)10)3-16(11,12)13;3-1-2-4/h1-3H2,(H2,5,6,7)(H2,8,9,10)(H2,11,12,13);4H,1-3H2. The van der Waals surface area contributed by atoms with Crippen LogP contribution < -0.4 is 5.73 Å². The highest BCUT2D eigenvalue weighted by Crippen LogP contribution is 2.45. The van der Waals surface area contributed by atoms with Crippen LogP contribution in [-0.2, 0) is 13.7 Å². The first-order valence-electron chi connectivity index (χ1n) is 4.87. The van der Waals surface area contributed by atoms with Crippen molar-refractivity contribution in [2.45, 2.75) is 0 Å². The molecule has 9 N–H and O–H groups in total. The Bertz CT molecular complexity index is 339. The molecule has 15 heteroatoms. The fourth-order valence-corrected chi connectivity index (χ4v) is 3.55. The van der Waals surface area contributed by atoms with Gasteiger partial charge in [0.05, 0.1) is 6.61 Å². The summed E-state index contributed by atoms with van der Waals surface area (Å²) in [5.74, 6) is 0. The molecule has 20 heavy (non-hydrogen) atoms. The summed E-state index contributed by atoms with van der Waals surface area (Å²) in [6.07, 6.45) is -3.41. The second-order valence-corrected chi connectivity index (χ2v) is 8.44. The van der Waals surface area contributed by atoms with Crippen molar-refractivity contribution in [3.63, 3.8) is 0 Å². The summed E-state index contributed by atoms with van der Waals surface area (Å²) in [6, 6.07) is 0. The lowest BCUT2D eigenvalue weighted by Gasteiger charge is -2.22. The highest BCUT2D eigenvalue weighted by Gasteiger charge is 2.30. The average molecular weight is 360 g/mol. The van der Waals surface area contributed by atoms with Gasteiger partial charge < -0.3 is 40.2 Å². The van der Waals surface area contributed by atoms with Crippen molar-refractivity contribution in [1.29, 1.82) is 0 Å². The van der Waals surface area contributed by atoms with Gasteiger partial charge in [0, 0.05) is 6.54 Å². The zero-order valence-corrected chi connectivity index (χ0v) is 12.9. The van der Waals surface area contributed by atoms with Gasteiger partial charge in [-0.1, -0.05) is 0 Å². The smallest absolute Gasteiger partial charge is 0.339 e. The lowest BCUT2D eigenvalue weighted by Crippen LogP contribution is -2.27. The molecule has 0 spiro atoms. The summed E-state index contributed by atoms with van der Waals surface area (Å²) in [5, 5.41) is 7.75. The Morgan fingerprint density at radius 3 is 1.05 bits per heavy atom. The first-order valence-corrected chi connectivity index (χ1v) is 10.3.